The predicted octanol–water partition coefficient (Wildman–Crippen LogP) is 3.67. The van der Waals surface area contributed by atoms with Crippen LogP contribution in [0.4, 0.5) is 15.9 Å². The van der Waals surface area contributed by atoms with Crippen LogP contribution in [0.1, 0.15) is 10.4 Å². The Morgan fingerprint density at radius 3 is 2.52 bits per heavy atom. The van der Waals surface area contributed by atoms with Gasteiger partial charge >= 0.3 is 0 Å². The van der Waals surface area contributed by atoms with E-state index in [9.17, 15) is 9.18 Å². The lowest BCUT2D eigenvalue weighted by Crippen LogP contribution is -2.13. The Bertz CT molecular complexity index is 1140. The van der Waals surface area contributed by atoms with Gasteiger partial charge in [0.2, 0.25) is 0 Å². The first kappa shape index (κ1) is 16.6. The molecule has 0 fully saturated rings. The van der Waals surface area contributed by atoms with Crippen LogP contribution in [0.5, 0.6) is 0 Å². The lowest BCUT2D eigenvalue weighted by molar-refractivity contribution is 0.102. The Kier molecular flexibility index (Phi) is 4.18. The third-order valence-corrected chi connectivity index (χ3v) is 4.03. The maximum atomic E-state index is 13.0. The fourth-order valence-corrected chi connectivity index (χ4v) is 2.69. The molecule has 0 spiro atoms. The largest absolute Gasteiger partial charge is 0.397 e. The highest BCUT2D eigenvalue weighted by Gasteiger charge is 2.09. The number of rotatable bonds is 3. The molecule has 0 radical (unpaired) electrons. The summed E-state index contributed by atoms with van der Waals surface area (Å²) in [5, 5.41) is 11.6. The molecule has 2 heterocycles. The van der Waals surface area contributed by atoms with E-state index in [1.807, 2.05) is 24.3 Å². The van der Waals surface area contributed by atoms with E-state index in [1.54, 1.807) is 18.5 Å². The zero-order valence-electron chi connectivity index (χ0n) is 14.1. The molecule has 1 amide bonds. The van der Waals surface area contributed by atoms with Crippen LogP contribution in [0.25, 0.3) is 22.0 Å². The maximum Gasteiger partial charge on any atom is 0.256 e. The molecule has 0 aliphatic carbocycles. The molecule has 3 N–H and O–H groups in total. The zero-order chi connectivity index (χ0) is 18.8. The van der Waals surface area contributed by atoms with Crippen molar-refractivity contribution in [3.05, 3.63) is 78.4 Å². The molecule has 4 aromatic rings. The molecule has 0 unspecified atom stereocenters. The molecule has 27 heavy (non-hydrogen) atoms. The van der Waals surface area contributed by atoms with E-state index in [0.717, 1.165) is 16.5 Å². The second kappa shape index (κ2) is 6.80. The first-order valence-corrected chi connectivity index (χ1v) is 8.14. The highest BCUT2D eigenvalue weighted by atomic mass is 19.1. The molecule has 0 aliphatic heterocycles. The molecule has 4 rings (SSSR count). The van der Waals surface area contributed by atoms with Crippen molar-refractivity contribution in [3.63, 3.8) is 0 Å². The summed E-state index contributed by atoms with van der Waals surface area (Å²) in [7, 11) is 0. The number of amides is 1. The maximum absolute atomic E-state index is 13.0. The second-order valence-electron chi connectivity index (χ2n) is 5.97. The molecular weight excluding hydrogens is 345 g/mol. The van der Waals surface area contributed by atoms with E-state index in [0.29, 0.717) is 22.6 Å². The number of carbonyl (C=O) groups is 1. The average Bonchev–Trinajstić information content (AvgIpc) is 2.68. The molecule has 2 aromatic carbocycles. The molecule has 0 atom stereocenters. The van der Waals surface area contributed by atoms with Gasteiger partial charge in [-0.15, -0.1) is 10.2 Å². The van der Waals surface area contributed by atoms with Crippen LogP contribution in [-0.2, 0) is 0 Å². The van der Waals surface area contributed by atoms with Gasteiger partial charge in [-0.3, -0.25) is 9.78 Å². The number of halogens is 1. The van der Waals surface area contributed by atoms with Crippen molar-refractivity contribution in [3.8, 4) is 11.1 Å². The van der Waals surface area contributed by atoms with Gasteiger partial charge in [0, 0.05) is 28.9 Å². The van der Waals surface area contributed by atoms with E-state index in [-0.39, 0.29) is 5.91 Å². The minimum Gasteiger partial charge on any atom is -0.397 e. The van der Waals surface area contributed by atoms with Crippen molar-refractivity contribution in [1.29, 1.82) is 0 Å². The highest BCUT2D eigenvalue weighted by molar-refractivity contribution is 6.04. The van der Waals surface area contributed by atoms with E-state index in [1.165, 1.54) is 24.3 Å². The number of hydrogen-bond donors (Lipinski definition) is 2. The lowest BCUT2D eigenvalue weighted by atomic mass is 10.0. The molecule has 7 heteroatoms. The van der Waals surface area contributed by atoms with Crippen molar-refractivity contribution in [2.45, 2.75) is 0 Å². The Balaban J connectivity index is 1.64. The number of hydrogen-bond acceptors (Lipinski definition) is 5. The van der Waals surface area contributed by atoms with Gasteiger partial charge in [0.1, 0.15) is 5.82 Å². The van der Waals surface area contributed by atoms with Gasteiger partial charge in [-0.25, -0.2) is 4.39 Å². The normalized spacial score (nSPS) is 10.7. The summed E-state index contributed by atoms with van der Waals surface area (Å²) >= 11 is 0. The van der Waals surface area contributed by atoms with Crippen LogP contribution in [0, 0.1) is 5.82 Å². The number of aromatic nitrogens is 3. The van der Waals surface area contributed by atoms with Crippen LogP contribution in [-0.4, -0.2) is 21.1 Å². The minimum atomic E-state index is -0.402. The number of benzene rings is 2. The topological polar surface area (TPSA) is 93.8 Å². The van der Waals surface area contributed by atoms with Gasteiger partial charge in [-0.2, -0.15) is 0 Å². The van der Waals surface area contributed by atoms with E-state index in [2.05, 4.69) is 20.5 Å². The summed E-state index contributed by atoms with van der Waals surface area (Å²) in [5.74, 6) is -0.486. The fourth-order valence-electron chi connectivity index (χ4n) is 2.69. The van der Waals surface area contributed by atoms with Crippen LogP contribution in [0.2, 0.25) is 0 Å². The Morgan fingerprint density at radius 2 is 1.74 bits per heavy atom. The SMILES string of the molecule is Nc1cncc(-c2ccc3nnc(NC(=O)c4ccc(F)cc4)cc3c2)c1. The number of nitrogen functional groups attached to an aromatic ring is 1. The molecule has 132 valence electrons. The van der Waals surface area contributed by atoms with Gasteiger partial charge in [0.15, 0.2) is 5.82 Å². The molecule has 0 saturated heterocycles. The highest BCUT2D eigenvalue weighted by Crippen LogP contribution is 2.25. The van der Waals surface area contributed by atoms with E-state index in [4.69, 9.17) is 5.73 Å². The summed E-state index contributed by atoms with van der Waals surface area (Å²) in [5.41, 5.74) is 9.20. The molecule has 0 aliphatic rings. The molecular formula is C20H14FN5O. The first-order chi connectivity index (χ1) is 13.1. The zero-order valence-corrected chi connectivity index (χ0v) is 14.1. The van der Waals surface area contributed by atoms with Crippen LogP contribution in [0.15, 0.2) is 67.0 Å². The number of nitrogens with zero attached hydrogens (tertiary/aromatic N) is 3. The van der Waals surface area contributed by atoms with E-state index >= 15 is 0 Å². The standard InChI is InChI=1S/C20H14FN5O/c21-16-4-1-12(2-5-16)20(27)24-19-9-14-7-13(3-6-18(14)25-26-19)15-8-17(22)11-23-10-15/h1-11H,22H2,(H,24,26,27). The van der Waals surface area contributed by atoms with Crippen LogP contribution < -0.4 is 11.1 Å². The summed E-state index contributed by atoms with van der Waals surface area (Å²) in [6.07, 6.45) is 3.31. The van der Waals surface area contributed by atoms with Crippen molar-refractivity contribution in [2.75, 3.05) is 11.1 Å². The third-order valence-electron chi connectivity index (χ3n) is 4.03. The van der Waals surface area contributed by atoms with Gasteiger partial charge in [-0.05, 0) is 54.1 Å². The fraction of sp³-hybridized carbons (Fsp3) is 0. The third kappa shape index (κ3) is 3.57. The van der Waals surface area contributed by atoms with Crippen molar-refractivity contribution >= 4 is 28.3 Å². The summed E-state index contributed by atoms with van der Waals surface area (Å²) < 4.78 is 13.0. The Morgan fingerprint density at radius 1 is 0.926 bits per heavy atom. The Hall–Kier alpha value is -3.87. The van der Waals surface area contributed by atoms with Crippen molar-refractivity contribution in [2.24, 2.45) is 0 Å². The second-order valence-corrected chi connectivity index (χ2v) is 5.97. The smallest absolute Gasteiger partial charge is 0.256 e. The van der Waals surface area contributed by atoms with Gasteiger partial charge < -0.3 is 11.1 Å². The number of fused-ring (bicyclic) bond motifs is 1. The molecule has 0 bridgehead atoms. The van der Waals surface area contributed by atoms with Crippen LogP contribution >= 0.6 is 0 Å². The van der Waals surface area contributed by atoms with Crippen molar-refractivity contribution in [1.82, 2.24) is 15.2 Å². The molecule has 6 nitrogen and oxygen atoms in total. The number of carbonyl (C=O) groups excluding carboxylic acids is 1. The van der Waals surface area contributed by atoms with E-state index < -0.39 is 5.82 Å². The monoisotopic (exact) mass is 359 g/mol. The summed E-state index contributed by atoms with van der Waals surface area (Å²) in [4.78, 5) is 16.4. The van der Waals surface area contributed by atoms with Gasteiger partial charge in [0.05, 0.1) is 11.2 Å². The van der Waals surface area contributed by atoms with Crippen LogP contribution in [0.3, 0.4) is 0 Å². The quantitative estimate of drug-likeness (QED) is 0.582. The average molecular weight is 359 g/mol. The predicted molar refractivity (Wildman–Crippen MR) is 102 cm³/mol. The van der Waals surface area contributed by atoms with Gasteiger partial charge in [0.25, 0.3) is 5.91 Å². The first-order valence-electron chi connectivity index (χ1n) is 8.14. The van der Waals surface area contributed by atoms with Gasteiger partial charge in [-0.1, -0.05) is 6.07 Å². The van der Waals surface area contributed by atoms with Crippen molar-refractivity contribution < 1.29 is 9.18 Å². The number of nitrogens with one attached hydrogen (secondary N) is 1. The lowest BCUT2D eigenvalue weighted by Gasteiger charge is -2.07. The number of pyridine rings is 1. The molecule has 0 saturated carbocycles. The minimum absolute atomic E-state index is 0.305. The Labute approximate surface area is 153 Å². The number of anilines is 2. The number of nitrogens with two attached hydrogens (primary N) is 1. The molecule has 2 aromatic heterocycles. The summed E-state index contributed by atoms with van der Waals surface area (Å²) in [6.45, 7) is 0. The summed E-state index contributed by atoms with van der Waals surface area (Å²) in [6, 6.07) is 14.5.